The van der Waals surface area contributed by atoms with Crippen molar-refractivity contribution in [1.82, 2.24) is 20.0 Å². The molecular formula is C12H13F3N6O3. The first-order chi connectivity index (χ1) is 11.1. The summed E-state index contributed by atoms with van der Waals surface area (Å²) in [7, 11) is 0. The Hall–Kier alpha value is -2.92. The van der Waals surface area contributed by atoms with Gasteiger partial charge in [-0.1, -0.05) is 0 Å². The summed E-state index contributed by atoms with van der Waals surface area (Å²) in [6.45, 7) is 2.77. The van der Waals surface area contributed by atoms with Crippen LogP contribution >= 0.6 is 0 Å². The Morgan fingerprint density at radius 3 is 2.67 bits per heavy atom. The highest BCUT2D eigenvalue weighted by molar-refractivity contribution is 5.91. The lowest BCUT2D eigenvalue weighted by atomic mass is 10.2. The monoisotopic (exact) mass is 346 g/mol. The minimum absolute atomic E-state index is 0.0151. The summed E-state index contributed by atoms with van der Waals surface area (Å²) in [6, 6.07) is 0. The summed E-state index contributed by atoms with van der Waals surface area (Å²) < 4.78 is 39.5. The number of carbonyl (C=O) groups excluding carboxylic acids is 1. The van der Waals surface area contributed by atoms with Crippen molar-refractivity contribution in [3.05, 3.63) is 33.4 Å². The molecule has 1 amide bonds. The highest BCUT2D eigenvalue weighted by Gasteiger charge is 2.38. The molecule has 2 aromatic rings. The van der Waals surface area contributed by atoms with Gasteiger partial charge in [0.2, 0.25) is 5.91 Å². The highest BCUT2D eigenvalue weighted by atomic mass is 19.4. The van der Waals surface area contributed by atoms with Crippen LogP contribution in [0.4, 0.5) is 24.5 Å². The SMILES string of the molecule is Cc1nn(CCC(=O)Nc2c(C(F)(F)F)n[nH]c2C)cc1[N+](=O)[O-]. The van der Waals surface area contributed by atoms with Gasteiger partial charge in [-0.15, -0.1) is 0 Å². The van der Waals surface area contributed by atoms with Crippen LogP contribution < -0.4 is 5.32 Å². The van der Waals surface area contributed by atoms with Crippen LogP contribution in [-0.2, 0) is 17.5 Å². The van der Waals surface area contributed by atoms with Gasteiger partial charge in [0.1, 0.15) is 11.9 Å². The van der Waals surface area contributed by atoms with Gasteiger partial charge in [-0.3, -0.25) is 24.7 Å². The number of hydrogen-bond donors (Lipinski definition) is 2. The summed E-state index contributed by atoms with van der Waals surface area (Å²) in [5.41, 5.74) is -1.58. The van der Waals surface area contributed by atoms with Crippen molar-refractivity contribution >= 4 is 17.3 Å². The first-order valence-electron chi connectivity index (χ1n) is 6.70. The van der Waals surface area contributed by atoms with Gasteiger partial charge in [0.15, 0.2) is 5.69 Å². The maximum absolute atomic E-state index is 12.8. The molecule has 0 aliphatic rings. The molecule has 2 aromatic heterocycles. The van der Waals surface area contributed by atoms with Gasteiger partial charge in [-0.25, -0.2) is 0 Å². The molecule has 0 aliphatic heterocycles. The fourth-order valence-corrected chi connectivity index (χ4v) is 2.01. The smallest absolute Gasteiger partial charge is 0.323 e. The van der Waals surface area contributed by atoms with E-state index in [0.29, 0.717) is 0 Å². The first-order valence-corrected chi connectivity index (χ1v) is 6.70. The van der Waals surface area contributed by atoms with Gasteiger partial charge in [-0.05, 0) is 13.8 Å². The molecule has 0 unspecified atom stereocenters. The van der Waals surface area contributed by atoms with Gasteiger partial charge in [0, 0.05) is 13.0 Å². The third kappa shape index (κ3) is 3.70. The molecular weight excluding hydrogens is 333 g/mol. The third-order valence-electron chi connectivity index (χ3n) is 3.17. The lowest BCUT2D eigenvalue weighted by molar-refractivity contribution is -0.385. The van der Waals surface area contributed by atoms with Crippen LogP contribution in [-0.4, -0.2) is 30.8 Å². The Kier molecular flexibility index (Phi) is 4.57. The molecule has 12 heteroatoms. The second kappa shape index (κ2) is 6.29. The molecule has 24 heavy (non-hydrogen) atoms. The number of aryl methyl sites for hydroxylation is 3. The van der Waals surface area contributed by atoms with E-state index >= 15 is 0 Å². The van der Waals surface area contributed by atoms with Crippen molar-refractivity contribution in [2.75, 3.05) is 5.32 Å². The Bertz CT molecular complexity index is 780. The standard InChI is InChI=1S/C12H13F3N6O3/c1-6-8(21(23)24)5-20(19-6)4-3-9(22)16-10-7(2)17-18-11(10)12(13,14)15/h5H,3-4H2,1-2H3,(H,16,22)(H,17,18). The fourth-order valence-electron chi connectivity index (χ4n) is 2.01. The quantitative estimate of drug-likeness (QED) is 0.635. The molecule has 0 atom stereocenters. The number of H-pyrrole nitrogens is 1. The zero-order chi connectivity index (χ0) is 18.1. The number of anilines is 1. The van der Waals surface area contributed by atoms with E-state index in [9.17, 15) is 28.1 Å². The highest BCUT2D eigenvalue weighted by Crippen LogP contribution is 2.34. The first kappa shape index (κ1) is 17.4. The molecule has 130 valence electrons. The molecule has 0 aromatic carbocycles. The number of amides is 1. The molecule has 0 bridgehead atoms. The molecule has 0 aliphatic carbocycles. The van der Waals surface area contributed by atoms with Gasteiger partial charge >= 0.3 is 11.9 Å². The normalized spacial score (nSPS) is 11.5. The van der Waals surface area contributed by atoms with Gasteiger partial charge in [0.05, 0.1) is 16.3 Å². The van der Waals surface area contributed by atoms with Gasteiger partial charge < -0.3 is 5.32 Å². The molecule has 2 N–H and O–H groups in total. The van der Waals surface area contributed by atoms with Crippen molar-refractivity contribution in [3.8, 4) is 0 Å². The summed E-state index contributed by atoms with van der Waals surface area (Å²) >= 11 is 0. The Morgan fingerprint density at radius 2 is 2.12 bits per heavy atom. The van der Waals surface area contributed by atoms with E-state index in [2.05, 4.69) is 20.6 Å². The molecule has 0 saturated carbocycles. The van der Waals surface area contributed by atoms with E-state index in [-0.39, 0.29) is 30.0 Å². The number of nitro groups is 1. The topological polar surface area (TPSA) is 119 Å². The average molecular weight is 346 g/mol. The van der Waals surface area contributed by atoms with Crippen LogP contribution in [0.1, 0.15) is 23.5 Å². The molecule has 2 rings (SSSR count). The number of halogens is 3. The number of rotatable bonds is 5. The molecule has 9 nitrogen and oxygen atoms in total. The minimum Gasteiger partial charge on any atom is -0.323 e. The molecule has 0 fully saturated rings. The summed E-state index contributed by atoms with van der Waals surface area (Å²) in [6.07, 6.45) is -3.75. The third-order valence-corrected chi connectivity index (χ3v) is 3.17. The fraction of sp³-hybridized carbons (Fsp3) is 0.417. The number of carbonyl (C=O) groups is 1. The maximum atomic E-state index is 12.8. The number of nitrogens with one attached hydrogen (secondary N) is 2. The summed E-state index contributed by atoms with van der Waals surface area (Å²) in [5.74, 6) is -0.694. The van der Waals surface area contributed by atoms with Crippen LogP contribution in [0.5, 0.6) is 0 Å². The van der Waals surface area contributed by atoms with Crippen LogP contribution in [0.2, 0.25) is 0 Å². The second-order valence-electron chi connectivity index (χ2n) is 4.99. The minimum atomic E-state index is -4.70. The van der Waals surface area contributed by atoms with E-state index in [1.807, 2.05) is 0 Å². The van der Waals surface area contributed by atoms with Crippen molar-refractivity contribution in [3.63, 3.8) is 0 Å². The zero-order valence-corrected chi connectivity index (χ0v) is 12.6. The lowest BCUT2D eigenvalue weighted by Crippen LogP contribution is -2.18. The van der Waals surface area contributed by atoms with Crippen LogP contribution in [0.3, 0.4) is 0 Å². The maximum Gasteiger partial charge on any atom is 0.437 e. The number of hydrogen-bond acceptors (Lipinski definition) is 5. The number of aromatic nitrogens is 4. The predicted octanol–water partition coefficient (Wildman–Crippen LogP) is 2.18. The van der Waals surface area contributed by atoms with Gasteiger partial charge in [0.25, 0.3) is 0 Å². The Balaban J connectivity index is 2.03. The average Bonchev–Trinajstić information content (AvgIpc) is 3.00. The molecule has 2 heterocycles. The van der Waals surface area contributed by atoms with Crippen LogP contribution in [0, 0.1) is 24.0 Å². The van der Waals surface area contributed by atoms with E-state index in [1.54, 1.807) is 0 Å². The lowest BCUT2D eigenvalue weighted by Gasteiger charge is -2.09. The van der Waals surface area contributed by atoms with Crippen LogP contribution in [0.25, 0.3) is 0 Å². The van der Waals surface area contributed by atoms with E-state index in [4.69, 9.17) is 0 Å². The van der Waals surface area contributed by atoms with Crippen molar-refractivity contribution in [1.29, 1.82) is 0 Å². The van der Waals surface area contributed by atoms with Gasteiger partial charge in [-0.2, -0.15) is 23.4 Å². The summed E-state index contributed by atoms with van der Waals surface area (Å²) in [5, 5.41) is 22.0. The van der Waals surface area contributed by atoms with E-state index in [1.165, 1.54) is 18.5 Å². The number of aromatic amines is 1. The van der Waals surface area contributed by atoms with Crippen molar-refractivity contribution in [2.24, 2.45) is 0 Å². The van der Waals surface area contributed by atoms with E-state index < -0.39 is 28.4 Å². The number of nitrogens with zero attached hydrogens (tertiary/aromatic N) is 4. The van der Waals surface area contributed by atoms with Crippen molar-refractivity contribution < 1.29 is 22.9 Å². The number of alkyl halides is 3. The Labute approximate surface area is 133 Å². The summed E-state index contributed by atoms with van der Waals surface area (Å²) in [4.78, 5) is 21.9. The Morgan fingerprint density at radius 1 is 1.46 bits per heavy atom. The van der Waals surface area contributed by atoms with Crippen molar-refractivity contribution in [2.45, 2.75) is 33.0 Å². The zero-order valence-electron chi connectivity index (χ0n) is 12.6. The largest absolute Gasteiger partial charge is 0.437 e. The second-order valence-corrected chi connectivity index (χ2v) is 4.99. The molecule has 0 saturated heterocycles. The van der Waals surface area contributed by atoms with Crippen LogP contribution in [0.15, 0.2) is 6.20 Å². The molecule has 0 radical (unpaired) electrons. The van der Waals surface area contributed by atoms with E-state index in [0.717, 1.165) is 6.20 Å². The predicted molar refractivity (Wildman–Crippen MR) is 75.2 cm³/mol. The molecule has 0 spiro atoms.